The number of nitrogens with zero attached hydrogens (tertiary/aromatic N) is 2. The first-order valence-electron chi connectivity index (χ1n) is 5.64. The zero-order valence-corrected chi connectivity index (χ0v) is 12.7. The van der Waals surface area contributed by atoms with E-state index in [0.29, 0.717) is 4.96 Å². The first-order chi connectivity index (χ1) is 9.60. The van der Waals surface area contributed by atoms with Crippen molar-refractivity contribution in [3.8, 4) is 17.0 Å². The van der Waals surface area contributed by atoms with Crippen LogP contribution in [0.1, 0.15) is 10.5 Å². The van der Waals surface area contributed by atoms with E-state index >= 15 is 0 Å². The third-order valence-corrected chi connectivity index (χ3v) is 4.34. The first-order valence-corrected chi connectivity index (χ1v) is 7.31. The summed E-state index contributed by atoms with van der Waals surface area (Å²) in [4.78, 5) is 15.7. The van der Waals surface area contributed by atoms with Gasteiger partial charge in [-0.05, 0) is 34.1 Å². The Labute approximate surface area is 126 Å². The molecule has 1 N–H and O–H groups in total. The number of thiazole rings is 1. The minimum Gasteiger partial charge on any atom is -0.496 e. The highest BCUT2D eigenvalue weighted by Gasteiger charge is 2.14. The average molecular weight is 353 g/mol. The van der Waals surface area contributed by atoms with E-state index in [2.05, 4.69) is 20.9 Å². The lowest BCUT2D eigenvalue weighted by Gasteiger charge is -2.05. The van der Waals surface area contributed by atoms with Crippen LogP contribution < -0.4 is 4.74 Å². The van der Waals surface area contributed by atoms with Crippen LogP contribution in [-0.4, -0.2) is 27.6 Å². The molecule has 0 unspecified atom stereocenters. The maximum Gasteiger partial charge on any atom is 0.356 e. The van der Waals surface area contributed by atoms with Gasteiger partial charge >= 0.3 is 5.97 Å². The second-order valence-electron chi connectivity index (χ2n) is 4.05. The van der Waals surface area contributed by atoms with Gasteiger partial charge in [-0.2, -0.15) is 0 Å². The van der Waals surface area contributed by atoms with Crippen LogP contribution in [0, 0.1) is 0 Å². The van der Waals surface area contributed by atoms with Crippen molar-refractivity contribution in [3.63, 3.8) is 0 Å². The van der Waals surface area contributed by atoms with Crippen LogP contribution in [0.15, 0.2) is 34.2 Å². The molecule has 0 atom stereocenters. The topological polar surface area (TPSA) is 63.8 Å². The molecule has 0 bridgehead atoms. The number of imidazole rings is 1. The summed E-state index contributed by atoms with van der Waals surface area (Å²) in [6.07, 6.45) is 1.53. The van der Waals surface area contributed by atoms with Crippen molar-refractivity contribution in [2.24, 2.45) is 0 Å². The fourth-order valence-corrected chi connectivity index (χ4v) is 3.34. The van der Waals surface area contributed by atoms with Crippen molar-refractivity contribution >= 4 is 38.2 Å². The molecular weight excluding hydrogens is 344 g/mol. The highest BCUT2D eigenvalue weighted by molar-refractivity contribution is 9.10. The van der Waals surface area contributed by atoms with Crippen LogP contribution in [0.4, 0.5) is 0 Å². The molecule has 102 valence electrons. The van der Waals surface area contributed by atoms with Crippen molar-refractivity contribution in [2.45, 2.75) is 0 Å². The number of ether oxygens (including phenoxy) is 1. The molecule has 0 amide bonds. The highest BCUT2D eigenvalue weighted by atomic mass is 79.9. The smallest absolute Gasteiger partial charge is 0.356 e. The summed E-state index contributed by atoms with van der Waals surface area (Å²) < 4.78 is 7.82. The van der Waals surface area contributed by atoms with Gasteiger partial charge in [0.25, 0.3) is 0 Å². The summed E-state index contributed by atoms with van der Waals surface area (Å²) in [6, 6.07) is 5.71. The molecule has 20 heavy (non-hydrogen) atoms. The van der Waals surface area contributed by atoms with Gasteiger partial charge in [0.2, 0.25) is 0 Å². The van der Waals surface area contributed by atoms with E-state index in [1.807, 2.05) is 23.6 Å². The lowest BCUT2D eigenvalue weighted by molar-refractivity contribution is 0.0691. The van der Waals surface area contributed by atoms with E-state index in [4.69, 9.17) is 9.84 Å². The van der Waals surface area contributed by atoms with Crippen molar-refractivity contribution in [1.29, 1.82) is 0 Å². The van der Waals surface area contributed by atoms with Crippen molar-refractivity contribution in [1.82, 2.24) is 9.38 Å². The van der Waals surface area contributed by atoms with Gasteiger partial charge in [-0.15, -0.1) is 11.3 Å². The third kappa shape index (κ3) is 2.08. The molecule has 2 aromatic heterocycles. The SMILES string of the molecule is COc1ccc(-c2csc3nc(C(=O)O)cn23)cc1Br. The molecule has 3 rings (SSSR count). The summed E-state index contributed by atoms with van der Waals surface area (Å²) in [5.74, 6) is -0.278. The van der Waals surface area contributed by atoms with Gasteiger partial charge in [0.15, 0.2) is 10.7 Å². The molecular formula is C13H9BrN2O3S. The molecule has 5 nitrogen and oxygen atoms in total. The molecule has 0 aliphatic rings. The normalized spacial score (nSPS) is 10.9. The average Bonchev–Trinajstić information content (AvgIpc) is 2.98. The Morgan fingerprint density at radius 1 is 1.50 bits per heavy atom. The van der Waals surface area contributed by atoms with E-state index in [9.17, 15) is 4.79 Å². The molecule has 2 heterocycles. The Kier molecular flexibility index (Phi) is 3.23. The van der Waals surface area contributed by atoms with E-state index in [0.717, 1.165) is 21.5 Å². The van der Waals surface area contributed by atoms with E-state index in [1.54, 1.807) is 11.5 Å². The molecule has 0 saturated heterocycles. The Hall–Kier alpha value is -1.86. The van der Waals surface area contributed by atoms with Crippen molar-refractivity contribution < 1.29 is 14.6 Å². The van der Waals surface area contributed by atoms with Crippen molar-refractivity contribution in [3.05, 3.63) is 39.9 Å². The minimum atomic E-state index is -1.03. The first kappa shape index (κ1) is 13.1. The van der Waals surface area contributed by atoms with Crippen LogP contribution in [0.3, 0.4) is 0 Å². The monoisotopic (exact) mass is 352 g/mol. The van der Waals surface area contributed by atoms with Gasteiger partial charge in [-0.25, -0.2) is 9.78 Å². The number of aromatic carboxylic acids is 1. The van der Waals surface area contributed by atoms with Crippen LogP contribution in [0.5, 0.6) is 5.75 Å². The number of fused-ring (bicyclic) bond motifs is 1. The number of carbonyl (C=O) groups is 1. The second-order valence-corrected chi connectivity index (χ2v) is 5.75. The van der Waals surface area contributed by atoms with Crippen LogP contribution >= 0.6 is 27.3 Å². The van der Waals surface area contributed by atoms with Crippen molar-refractivity contribution in [2.75, 3.05) is 7.11 Å². The number of rotatable bonds is 3. The predicted octanol–water partition coefficient (Wildman–Crippen LogP) is 3.53. The van der Waals surface area contributed by atoms with Crippen LogP contribution in [0.25, 0.3) is 16.2 Å². The third-order valence-electron chi connectivity index (χ3n) is 2.88. The zero-order valence-electron chi connectivity index (χ0n) is 10.3. The van der Waals surface area contributed by atoms with Crippen LogP contribution in [-0.2, 0) is 0 Å². The molecule has 0 fully saturated rings. The molecule has 0 saturated carbocycles. The molecule has 3 aromatic rings. The summed E-state index contributed by atoms with van der Waals surface area (Å²) in [7, 11) is 1.61. The van der Waals surface area contributed by atoms with Gasteiger partial charge in [0, 0.05) is 17.1 Å². The summed E-state index contributed by atoms with van der Waals surface area (Å²) in [5, 5.41) is 10.9. The number of hydrogen-bond donors (Lipinski definition) is 1. The second kappa shape index (κ2) is 4.92. The maximum atomic E-state index is 11.0. The summed E-state index contributed by atoms with van der Waals surface area (Å²) in [6.45, 7) is 0. The largest absolute Gasteiger partial charge is 0.496 e. The Morgan fingerprint density at radius 3 is 2.95 bits per heavy atom. The highest BCUT2D eigenvalue weighted by Crippen LogP contribution is 2.32. The lowest BCUT2D eigenvalue weighted by atomic mass is 10.1. The van der Waals surface area contributed by atoms with Crippen LogP contribution in [0.2, 0.25) is 0 Å². The number of methoxy groups -OCH3 is 1. The van der Waals surface area contributed by atoms with E-state index in [1.165, 1.54) is 17.5 Å². The molecule has 0 aliphatic heterocycles. The number of aromatic nitrogens is 2. The Balaban J connectivity index is 2.14. The van der Waals surface area contributed by atoms with Gasteiger partial charge in [0.05, 0.1) is 17.3 Å². The molecule has 0 spiro atoms. The molecule has 0 radical (unpaired) electrons. The van der Waals surface area contributed by atoms with E-state index < -0.39 is 5.97 Å². The maximum absolute atomic E-state index is 11.0. The quantitative estimate of drug-likeness (QED) is 0.782. The van der Waals surface area contributed by atoms with Gasteiger partial charge < -0.3 is 9.84 Å². The lowest BCUT2D eigenvalue weighted by Crippen LogP contribution is -1.95. The zero-order chi connectivity index (χ0) is 14.3. The van der Waals surface area contributed by atoms with Gasteiger partial charge in [-0.3, -0.25) is 4.40 Å². The molecule has 0 aliphatic carbocycles. The molecule has 1 aromatic carbocycles. The fourth-order valence-electron chi connectivity index (χ4n) is 1.92. The summed E-state index contributed by atoms with van der Waals surface area (Å²) >= 11 is 4.85. The number of halogens is 1. The number of hydrogen-bond acceptors (Lipinski definition) is 4. The standard InChI is InChI=1S/C13H9BrN2O3S/c1-19-11-3-2-7(4-8(11)14)10-6-20-13-15-9(12(17)18)5-16(10)13/h2-6H,1H3,(H,17,18). The fraction of sp³-hybridized carbons (Fsp3) is 0.0769. The number of carboxylic acid groups (broad SMARTS) is 1. The molecule has 7 heteroatoms. The van der Waals surface area contributed by atoms with Gasteiger partial charge in [-0.1, -0.05) is 0 Å². The van der Waals surface area contributed by atoms with Gasteiger partial charge in [0.1, 0.15) is 5.75 Å². The number of benzene rings is 1. The Bertz CT molecular complexity index is 809. The predicted molar refractivity (Wildman–Crippen MR) is 79.7 cm³/mol. The Morgan fingerprint density at radius 2 is 2.30 bits per heavy atom. The van der Waals surface area contributed by atoms with E-state index in [-0.39, 0.29) is 5.69 Å². The minimum absolute atomic E-state index is 0.0469. The number of carboxylic acids is 1. The summed E-state index contributed by atoms with van der Waals surface area (Å²) in [5.41, 5.74) is 1.90.